The Morgan fingerprint density at radius 3 is 2.48 bits per heavy atom. The molecule has 1 aliphatic heterocycles. The Labute approximate surface area is 180 Å². The van der Waals surface area contributed by atoms with Crippen LogP contribution in [-0.4, -0.2) is 67.7 Å². The molecule has 2 atom stereocenters. The van der Waals surface area contributed by atoms with Crippen LogP contribution in [0.1, 0.15) is 39.4 Å². The predicted octanol–water partition coefficient (Wildman–Crippen LogP) is 3.51. The van der Waals surface area contributed by atoms with Crippen molar-refractivity contribution < 1.29 is 9.13 Å². The number of rotatable bonds is 5. The van der Waals surface area contributed by atoms with Crippen LogP contribution in [0.2, 0.25) is 0 Å². The first-order chi connectivity index (χ1) is 12.2. The van der Waals surface area contributed by atoms with Crippen molar-refractivity contribution in [1.29, 1.82) is 0 Å². The van der Waals surface area contributed by atoms with Crippen molar-refractivity contribution in [2.24, 2.45) is 4.99 Å². The van der Waals surface area contributed by atoms with Crippen LogP contribution in [0.5, 0.6) is 0 Å². The summed E-state index contributed by atoms with van der Waals surface area (Å²) in [4.78, 5) is 9.31. The fraction of sp³-hybridized carbons (Fsp3) is 0.650. The summed E-state index contributed by atoms with van der Waals surface area (Å²) < 4.78 is 19.3. The Kier molecular flexibility index (Phi) is 9.44. The zero-order chi connectivity index (χ0) is 19.3. The van der Waals surface area contributed by atoms with Crippen LogP contribution in [0.4, 0.5) is 4.39 Å². The number of morpholine rings is 1. The molecule has 1 fully saturated rings. The van der Waals surface area contributed by atoms with Crippen LogP contribution in [0.25, 0.3) is 0 Å². The van der Waals surface area contributed by atoms with Gasteiger partial charge in [-0.05, 0) is 59.5 Å². The fourth-order valence-electron chi connectivity index (χ4n) is 2.82. The molecule has 2 unspecified atom stereocenters. The Bertz CT molecular complexity index is 607. The number of nitrogens with one attached hydrogen (secondary N) is 1. The van der Waals surface area contributed by atoms with E-state index in [2.05, 4.69) is 56.9 Å². The van der Waals surface area contributed by atoms with Gasteiger partial charge in [-0.15, -0.1) is 24.0 Å². The highest BCUT2D eigenvalue weighted by Gasteiger charge is 2.29. The molecule has 7 heteroatoms. The number of likely N-dealkylation sites (N-methyl/N-ethyl adjacent to an activating group) is 1. The van der Waals surface area contributed by atoms with Crippen molar-refractivity contribution in [3.8, 4) is 0 Å². The topological polar surface area (TPSA) is 40.1 Å². The SMILES string of the molecule is CCNC(=NCC(C)(C)N(C)C)N1CC(C)OC(c2ccc(F)cc2)C1.I. The zero-order valence-corrected chi connectivity index (χ0v) is 19.7. The van der Waals surface area contributed by atoms with Crippen LogP contribution in [-0.2, 0) is 4.74 Å². The molecule has 5 nitrogen and oxygen atoms in total. The lowest BCUT2D eigenvalue weighted by Crippen LogP contribution is -2.51. The third kappa shape index (κ3) is 6.87. The molecule has 154 valence electrons. The number of benzene rings is 1. The number of guanidine groups is 1. The van der Waals surface area contributed by atoms with E-state index >= 15 is 0 Å². The number of aliphatic imine (C=N–C) groups is 1. The van der Waals surface area contributed by atoms with E-state index in [1.165, 1.54) is 12.1 Å². The molecule has 27 heavy (non-hydrogen) atoms. The molecule has 0 saturated carbocycles. The third-order valence-corrected chi connectivity index (χ3v) is 4.96. The van der Waals surface area contributed by atoms with E-state index in [4.69, 9.17) is 9.73 Å². The van der Waals surface area contributed by atoms with E-state index < -0.39 is 0 Å². The van der Waals surface area contributed by atoms with E-state index in [0.29, 0.717) is 13.1 Å². The van der Waals surface area contributed by atoms with Crippen LogP contribution >= 0.6 is 24.0 Å². The maximum absolute atomic E-state index is 13.2. The molecular formula is C20H34FIN4O. The zero-order valence-electron chi connectivity index (χ0n) is 17.3. The lowest BCUT2D eigenvalue weighted by molar-refractivity contribution is -0.0605. The highest BCUT2D eigenvalue weighted by Crippen LogP contribution is 2.25. The fourth-order valence-corrected chi connectivity index (χ4v) is 2.82. The minimum atomic E-state index is -0.227. The first kappa shape index (κ1) is 24.1. The smallest absolute Gasteiger partial charge is 0.194 e. The molecule has 0 bridgehead atoms. The molecule has 1 aliphatic rings. The van der Waals surface area contributed by atoms with Gasteiger partial charge in [-0.25, -0.2) is 4.39 Å². The summed E-state index contributed by atoms with van der Waals surface area (Å²) in [5, 5.41) is 3.41. The van der Waals surface area contributed by atoms with Gasteiger partial charge in [0.25, 0.3) is 0 Å². The van der Waals surface area contributed by atoms with E-state index in [9.17, 15) is 4.39 Å². The van der Waals surface area contributed by atoms with Gasteiger partial charge in [-0.1, -0.05) is 12.1 Å². The first-order valence-corrected chi connectivity index (χ1v) is 9.34. The second kappa shape index (κ2) is 10.6. The molecule has 1 aromatic rings. The number of halogens is 2. The lowest BCUT2D eigenvalue weighted by Gasteiger charge is -2.39. The Balaban J connectivity index is 0.00000364. The van der Waals surface area contributed by atoms with Crippen LogP contribution in [0.3, 0.4) is 0 Å². The molecule has 1 heterocycles. The van der Waals surface area contributed by atoms with Crippen LogP contribution < -0.4 is 5.32 Å². The van der Waals surface area contributed by atoms with Gasteiger partial charge in [0.1, 0.15) is 11.9 Å². The highest BCUT2D eigenvalue weighted by molar-refractivity contribution is 14.0. The number of hydrogen-bond donors (Lipinski definition) is 1. The summed E-state index contributed by atoms with van der Waals surface area (Å²) in [6, 6.07) is 6.58. The number of ether oxygens (including phenoxy) is 1. The van der Waals surface area contributed by atoms with Crippen molar-refractivity contribution >= 4 is 29.9 Å². The molecular weight excluding hydrogens is 458 g/mol. The van der Waals surface area contributed by atoms with Crippen molar-refractivity contribution in [3.05, 3.63) is 35.6 Å². The monoisotopic (exact) mass is 492 g/mol. The highest BCUT2D eigenvalue weighted by atomic mass is 127. The van der Waals surface area contributed by atoms with Crippen molar-refractivity contribution in [3.63, 3.8) is 0 Å². The van der Waals surface area contributed by atoms with Gasteiger partial charge in [0, 0.05) is 18.6 Å². The minimum Gasteiger partial charge on any atom is -0.367 e. The summed E-state index contributed by atoms with van der Waals surface area (Å²) in [5.41, 5.74) is 0.974. The molecule has 0 aliphatic carbocycles. The number of hydrogen-bond acceptors (Lipinski definition) is 3. The minimum absolute atomic E-state index is 0. The van der Waals surface area contributed by atoms with Gasteiger partial charge in [-0.3, -0.25) is 4.99 Å². The van der Waals surface area contributed by atoms with Gasteiger partial charge in [0.05, 0.1) is 19.2 Å². The van der Waals surface area contributed by atoms with Crippen molar-refractivity contribution in [2.75, 3.05) is 40.3 Å². The van der Waals surface area contributed by atoms with E-state index in [0.717, 1.165) is 24.6 Å². The van der Waals surface area contributed by atoms with Crippen LogP contribution in [0, 0.1) is 5.82 Å². The summed E-state index contributed by atoms with van der Waals surface area (Å²) in [6.45, 7) is 11.5. The van der Waals surface area contributed by atoms with E-state index in [1.54, 1.807) is 12.1 Å². The van der Waals surface area contributed by atoms with E-state index in [1.807, 2.05) is 0 Å². The van der Waals surface area contributed by atoms with Crippen molar-refractivity contribution in [1.82, 2.24) is 15.1 Å². The third-order valence-electron chi connectivity index (χ3n) is 4.96. The average molecular weight is 492 g/mol. The van der Waals surface area contributed by atoms with Gasteiger partial charge >= 0.3 is 0 Å². The maximum atomic E-state index is 13.2. The van der Waals surface area contributed by atoms with E-state index in [-0.39, 0.29) is 47.5 Å². The molecule has 1 saturated heterocycles. The summed E-state index contributed by atoms with van der Waals surface area (Å²) in [6.07, 6.45) is -0.0189. The standard InChI is InChI=1S/C20H33FN4O.HI/c1-7-22-19(23-14-20(3,4)24(5)6)25-12-15(2)26-18(13-25)16-8-10-17(21)11-9-16;/h8-11,15,18H,7,12-14H2,1-6H3,(H,22,23);1H. The Hall–Kier alpha value is -0.930. The van der Waals surface area contributed by atoms with Gasteiger partial charge in [-0.2, -0.15) is 0 Å². The van der Waals surface area contributed by atoms with Crippen LogP contribution in [0.15, 0.2) is 29.3 Å². The Morgan fingerprint density at radius 1 is 1.30 bits per heavy atom. The largest absolute Gasteiger partial charge is 0.367 e. The summed E-state index contributed by atoms with van der Waals surface area (Å²) in [7, 11) is 4.15. The second-order valence-corrected chi connectivity index (χ2v) is 7.77. The molecule has 1 aromatic carbocycles. The molecule has 0 spiro atoms. The van der Waals surface area contributed by atoms with Gasteiger partial charge in [0.2, 0.25) is 0 Å². The lowest BCUT2D eigenvalue weighted by atomic mass is 10.1. The summed E-state index contributed by atoms with van der Waals surface area (Å²) in [5.74, 6) is 0.681. The maximum Gasteiger partial charge on any atom is 0.194 e. The normalized spacial score (nSPS) is 21.2. The summed E-state index contributed by atoms with van der Waals surface area (Å²) >= 11 is 0. The molecule has 0 radical (unpaired) electrons. The van der Waals surface area contributed by atoms with Crippen molar-refractivity contribution in [2.45, 2.75) is 45.4 Å². The second-order valence-electron chi connectivity index (χ2n) is 7.77. The quantitative estimate of drug-likeness (QED) is 0.388. The van der Waals surface area contributed by atoms with Gasteiger partial charge < -0.3 is 19.9 Å². The van der Waals surface area contributed by atoms with Gasteiger partial charge in [0.15, 0.2) is 5.96 Å². The number of nitrogens with zero attached hydrogens (tertiary/aromatic N) is 3. The molecule has 0 amide bonds. The molecule has 0 aromatic heterocycles. The first-order valence-electron chi connectivity index (χ1n) is 9.34. The predicted molar refractivity (Wildman–Crippen MR) is 120 cm³/mol. The Morgan fingerprint density at radius 2 is 1.93 bits per heavy atom. The average Bonchev–Trinajstić information content (AvgIpc) is 2.58. The molecule has 2 rings (SSSR count). The molecule has 1 N–H and O–H groups in total.